The van der Waals surface area contributed by atoms with E-state index in [9.17, 15) is 4.79 Å². The quantitative estimate of drug-likeness (QED) is 0.531. The van der Waals surface area contributed by atoms with Gasteiger partial charge in [0.1, 0.15) is 15.8 Å². The number of carbonyl (C=O) groups is 1. The summed E-state index contributed by atoms with van der Waals surface area (Å²) in [4.78, 5) is 20.9. The van der Waals surface area contributed by atoms with E-state index < -0.39 is 5.97 Å². The van der Waals surface area contributed by atoms with Crippen LogP contribution in [0.25, 0.3) is 21.1 Å². The number of piperazine rings is 1. The van der Waals surface area contributed by atoms with E-state index in [0.29, 0.717) is 0 Å². The average Bonchev–Trinajstić information content (AvgIpc) is 3.39. The van der Waals surface area contributed by atoms with Crippen LogP contribution in [-0.4, -0.2) is 63.4 Å². The molecule has 2 fully saturated rings. The van der Waals surface area contributed by atoms with E-state index >= 15 is 0 Å². The molecular formula is C26H31N5O2S. The number of benzene rings is 1. The van der Waals surface area contributed by atoms with Gasteiger partial charge in [-0.15, -0.1) is 10.2 Å². The second kappa shape index (κ2) is 10.2. The van der Waals surface area contributed by atoms with Crippen LogP contribution < -0.4 is 4.90 Å². The van der Waals surface area contributed by atoms with Crippen LogP contribution >= 0.6 is 11.3 Å². The Labute approximate surface area is 204 Å². The molecule has 1 aliphatic heterocycles. The SMILES string of the molecule is CC[C@H]1CC[C@H](N2CCN(c3ccc(-c4nnc(-c5ccc(C(=O)O)cc5)s4)cn3)CC2)CC1. The summed E-state index contributed by atoms with van der Waals surface area (Å²) in [5, 5.41) is 19.3. The summed E-state index contributed by atoms with van der Waals surface area (Å²) in [7, 11) is 0. The van der Waals surface area contributed by atoms with Gasteiger partial charge in [0, 0.05) is 49.5 Å². The largest absolute Gasteiger partial charge is 0.478 e. The highest BCUT2D eigenvalue weighted by molar-refractivity contribution is 7.17. The number of rotatable bonds is 6. The van der Waals surface area contributed by atoms with Gasteiger partial charge in [0.15, 0.2) is 0 Å². The fraction of sp³-hybridized carbons (Fsp3) is 0.462. The maximum absolute atomic E-state index is 11.1. The summed E-state index contributed by atoms with van der Waals surface area (Å²) < 4.78 is 0. The molecule has 34 heavy (non-hydrogen) atoms. The number of carboxylic acid groups (broad SMARTS) is 1. The van der Waals surface area contributed by atoms with Crippen LogP contribution in [-0.2, 0) is 0 Å². The number of carboxylic acids is 1. The third kappa shape index (κ3) is 4.98. The standard InChI is InChI=1S/C26H31N5O2S/c1-2-18-3-10-22(11-4-18)30-13-15-31(16-14-30)23-12-9-21(17-27-23)25-29-28-24(34-25)19-5-7-20(8-6-19)26(32)33/h5-9,12,17-18,22H,2-4,10-11,13-16H2,1H3,(H,32,33)/t18-,22-. The lowest BCUT2D eigenvalue weighted by molar-refractivity contribution is 0.0697. The summed E-state index contributed by atoms with van der Waals surface area (Å²) in [6.45, 7) is 6.61. The maximum Gasteiger partial charge on any atom is 0.335 e. The van der Waals surface area contributed by atoms with Crippen molar-refractivity contribution in [2.75, 3.05) is 31.1 Å². The first-order chi connectivity index (χ1) is 16.6. The third-order valence-corrected chi connectivity index (χ3v) is 8.37. The monoisotopic (exact) mass is 477 g/mol. The zero-order valence-electron chi connectivity index (χ0n) is 19.6. The van der Waals surface area contributed by atoms with Gasteiger partial charge in [0.2, 0.25) is 0 Å². The lowest BCUT2D eigenvalue weighted by Crippen LogP contribution is -2.51. The maximum atomic E-state index is 11.1. The Morgan fingerprint density at radius 1 is 0.941 bits per heavy atom. The minimum absolute atomic E-state index is 0.262. The molecule has 8 heteroatoms. The van der Waals surface area contributed by atoms with E-state index in [1.54, 1.807) is 24.3 Å². The molecule has 0 bridgehead atoms. The normalized spacial score (nSPS) is 21.5. The van der Waals surface area contributed by atoms with E-state index in [2.05, 4.69) is 39.1 Å². The van der Waals surface area contributed by atoms with Gasteiger partial charge in [-0.05, 0) is 55.9 Å². The summed E-state index contributed by atoms with van der Waals surface area (Å²) in [6.07, 6.45) is 8.72. The molecule has 5 rings (SSSR count). The lowest BCUT2D eigenvalue weighted by atomic mass is 9.84. The van der Waals surface area contributed by atoms with Crippen molar-refractivity contribution < 1.29 is 9.90 Å². The van der Waals surface area contributed by atoms with Gasteiger partial charge < -0.3 is 10.0 Å². The molecule has 178 valence electrons. The number of anilines is 1. The number of pyridine rings is 1. The highest BCUT2D eigenvalue weighted by Gasteiger charge is 2.28. The molecule has 2 aliphatic rings. The Morgan fingerprint density at radius 2 is 1.59 bits per heavy atom. The minimum atomic E-state index is -0.934. The topological polar surface area (TPSA) is 82.5 Å². The Bertz CT molecular complexity index is 1100. The van der Waals surface area contributed by atoms with Crippen LogP contribution in [0.1, 0.15) is 49.4 Å². The van der Waals surface area contributed by atoms with E-state index in [-0.39, 0.29) is 5.56 Å². The van der Waals surface area contributed by atoms with Crippen LogP contribution in [0.2, 0.25) is 0 Å². The van der Waals surface area contributed by atoms with E-state index in [4.69, 9.17) is 10.1 Å². The molecule has 7 nitrogen and oxygen atoms in total. The second-order valence-corrected chi connectivity index (χ2v) is 10.3. The molecule has 3 aromatic rings. The molecule has 1 saturated carbocycles. The molecule has 1 saturated heterocycles. The summed E-state index contributed by atoms with van der Waals surface area (Å²) in [6, 6.07) is 11.6. The first-order valence-corrected chi connectivity index (χ1v) is 13.0. The third-order valence-electron chi connectivity index (χ3n) is 7.35. The molecule has 2 aromatic heterocycles. The zero-order chi connectivity index (χ0) is 23.5. The van der Waals surface area contributed by atoms with Crippen molar-refractivity contribution in [3.63, 3.8) is 0 Å². The van der Waals surface area contributed by atoms with Crippen molar-refractivity contribution in [2.45, 2.75) is 45.1 Å². The van der Waals surface area contributed by atoms with Crippen molar-refractivity contribution in [2.24, 2.45) is 5.92 Å². The molecule has 0 amide bonds. The van der Waals surface area contributed by atoms with Gasteiger partial charge in [0.05, 0.1) is 5.56 Å². The van der Waals surface area contributed by atoms with E-state index in [1.165, 1.54) is 43.4 Å². The van der Waals surface area contributed by atoms with Crippen LogP contribution in [0.3, 0.4) is 0 Å². The lowest BCUT2D eigenvalue weighted by Gasteiger charge is -2.42. The van der Waals surface area contributed by atoms with E-state index in [0.717, 1.165) is 65.1 Å². The molecule has 0 radical (unpaired) electrons. The van der Waals surface area contributed by atoms with Crippen LogP contribution in [0, 0.1) is 5.92 Å². The first kappa shape index (κ1) is 22.9. The Kier molecular flexibility index (Phi) is 6.87. The molecule has 0 spiro atoms. The highest BCUT2D eigenvalue weighted by Crippen LogP contribution is 2.32. The number of hydrogen-bond donors (Lipinski definition) is 1. The predicted molar refractivity (Wildman–Crippen MR) is 135 cm³/mol. The van der Waals surface area contributed by atoms with Crippen LogP contribution in [0.5, 0.6) is 0 Å². The fourth-order valence-electron chi connectivity index (χ4n) is 5.15. The highest BCUT2D eigenvalue weighted by atomic mass is 32.1. The van der Waals surface area contributed by atoms with Gasteiger partial charge in [0.25, 0.3) is 0 Å². The van der Waals surface area contributed by atoms with Gasteiger partial charge in [-0.3, -0.25) is 4.90 Å². The fourth-order valence-corrected chi connectivity index (χ4v) is 5.98. The smallest absolute Gasteiger partial charge is 0.335 e. The number of aromatic carboxylic acids is 1. The Hall–Kier alpha value is -2.84. The molecular weight excluding hydrogens is 446 g/mol. The van der Waals surface area contributed by atoms with Crippen LogP contribution in [0.15, 0.2) is 42.6 Å². The number of aromatic nitrogens is 3. The van der Waals surface area contributed by atoms with Gasteiger partial charge in [-0.1, -0.05) is 36.8 Å². The summed E-state index contributed by atoms with van der Waals surface area (Å²) in [5.41, 5.74) is 2.07. The van der Waals surface area contributed by atoms with Crippen molar-refractivity contribution in [1.29, 1.82) is 0 Å². The van der Waals surface area contributed by atoms with Gasteiger partial charge in [-0.25, -0.2) is 9.78 Å². The van der Waals surface area contributed by atoms with Crippen molar-refractivity contribution in [3.05, 3.63) is 48.2 Å². The minimum Gasteiger partial charge on any atom is -0.478 e. The van der Waals surface area contributed by atoms with Gasteiger partial charge in [-0.2, -0.15) is 0 Å². The van der Waals surface area contributed by atoms with Crippen LogP contribution in [0.4, 0.5) is 5.82 Å². The molecule has 0 atom stereocenters. The van der Waals surface area contributed by atoms with Crippen molar-refractivity contribution in [1.82, 2.24) is 20.1 Å². The van der Waals surface area contributed by atoms with E-state index in [1.807, 2.05) is 6.20 Å². The van der Waals surface area contributed by atoms with Crippen molar-refractivity contribution in [3.8, 4) is 21.1 Å². The molecule has 0 unspecified atom stereocenters. The Morgan fingerprint density at radius 3 is 2.18 bits per heavy atom. The Balaban J connectivity index is 1.18. The van der Waals surface area contributed by atoms with Crippen molar-refractivity contribution >= 4 is 23.1 Å². The first-order valence-electron chi connectivity index (χ1n) is 12.2. The number of nitrogens with zero attached hydrogens (tertiary/aromatic N) is 5. The molecule has 1 aromatic carbocycles. The summed E-state index contributed by atoms with van der Waals surface area (Å²) >= 11 is 1.48. The molecule has 1 aliphatic carbocycles. The zero-order valence-corrected chi connectivity index (χ0v) is 20.4. The predicted octanol–water partition coefficient (Wildman–Crippen LogP) is 5.06. The average molecular weight is 478 g/mol. The number of hydrogen-bond acceptors (Lipinski definition) is 7. The molecule has 3 heterocycles. The summed E-state index contributed by atoms with van der Waals surface area (Å²) in [5.74, 6) is 1.03. The van der Waals surface area contributed by atoms with Gasteiger partial charge >= 0.3 is 5.97 Å². The molecule has 1 N–H and O–H groups in total. The second-order valence-electron chi connectivity index (χ2n) is 9.31.